The largest absolute Gasteiger partial charge is 0.354 e. The molecule has 16 bridgehead atoms. The van der Waals surface area contributed by atoms with Gasteiger partial charge in [-0.1, -0.05) is 243 Å². The van der Waals surface area contributed by atoms with E-state index in [1.807, 2.05) is 0 Å². The average Bonchev–Trinajstić information content (AvgIpc) is 1.68. The van der Waals surface area contributed by atoms with E-state index in [-0.39, 0.29) is 0 Å². The van der Waals surface area contributed by atoms with Crippen molar-refractivity contribution >= 4 is 67.4 Å². The first-order valence-electron chi connectivity index (χ1n) is 32.4. The number of allylic oxidation sites excluding steroid dienone is 8. The first kappa shape index (κ1) is 56.9. The molecule has 0 aliphatic carbocycles. The molecule has 0 fully saturated rings. The van der Waals surface area contributed by atoms with Gasteiger partial charge < -0.3 is 19.9 Å². The Balaban J connectivity index is 0.946. The summed E-state index contributed by atoms with van der Waals surface area (Å²) >= 11 is 0. The first-order chi connectivity index (χ1) is 47.6. The zero-order valence-electron chi connectivity index (χ0n) is 52.1. The third-order valence-corrected chi connectivity index (χ3v) is 18.0. The molecular formula is C88H60N8. The number of benzene rings is 8. The van der Waals surface area contributed by atoms with Crippen LogP contribution in [0.15, 0.2) is 383 Å². The number of aliphatic imine (C=N–C) groups is 4. The Morgan fingerprint density at radius 2 is 0.333 bits per heavy atom. The summed E-state index contributed by atoms with van der Waals surface area (Å²) in [7, 11) is 0. The minimum Gasteiger partial charge on any atom is -0.354 e. The van der Waals surface area contributed by atoms with E-state index in [0.29, 0.717) is 0 Å². The molecule has 8 aromatic carbocycles. The average molecular weight is 1230 g/mol. The van der Waals surface area contributed by atoms with Crippen LogP contribution < -0.4 is 21.4 Å². The topological polar surface area (TPSA) is 113 Å². The molecule has 8 heteroatoms. The molecule has 0 saturated carbocycles. The molecule has 452 valence electrons. The van der Waals surface area contributed by atoms with E-state index in [1.54, 1.807) is 0 Å². The molecule has 17 rings (SSSR count). The van der Waals surface area contributed by atoms with Crippen molar-refractivity contribution in [3.63, 3.8) is 0 Å². The van der Waals surface area contributed by atoms with Crippen LogP contribution in [0.2, 0.25) is 0 Å². The summed E-state index contributed by atoms with van der Waals surface area (Å²) in [4.78, 5) is 38.3. The molecule has 8 nitrogen and oxygen atoms in total. The number of fused-ring (bicyclic) bond motifs is 12. The predicted molar refractivity (Wildman–Crippen MR) is 394 cm³/mol. The van der Waals surface area contributed by atoms with E-state index in [9.17, 15) is 0 Å². The molecule has 0 spiro atoms. The second kappa shape index (κ2) is 24.9. The molecule has 0 unspecified atom stereocenters. The van der Waals surface area contributed by atoms with Gasteiger partial charge in [-0.05, 0) is 142 Å². The normalized spacial score (nSPS) is 15.3. The fraction of sp³-hybridized carbons (Fsp3) is 0. The van der Waals surface area contributed by atoms with Crippen LogP contribution in [0, 0.1) is 0 Å². The summed E-state index contributed by atoms with van der Waals surface area (Å²) in [6.07, 6.45) is 17.2. The number of nitrogens with zero attached hydrogens (tertiary/aromatic N) is 4. The van der Waals surface area contributed by atoms with Gasteiger partial charge in [0, 0.05) is 88.8 Å². The predicted octanol–water partition coefficient (Wildman–Crippen LogP) is 16.0. The highest BCUT2D eigenvalue weighted by Crippen LogP contribution is 2.39. The first-order valence-corrected chi connectivity index (χ1v) is 32.4. The highest BCUT2D eigenvalue weighted by atomic mass is 14.9. The molecule has 5 aliphatic heterocycles. The summed E-state index contributed by atoms with van der Waals surface area (Å²) < 4.78 is 0. The quantitative estimate of drug-likeness (QED) is 0.116. The number of nitrogens with one attached hydrogen (secondary N) is 4. The van der Waals surface area contributed by atoms with E-state index in [0.717, 1.165) is 179 Å². The van der Waals surface area contributed by atoms with Crippen molar-refractivity contribution in [2.45, 2.75) is 0 Å². The Bertz CT molecular complexity index is 5010. The van der Waals surface area contributed by atoms with Crippen molar-refractivity contribution in [2.24, 2.45) is 20.0 Å². The van der Waals surface area contributed by atoms with Crippen molar-refractivity contribution in [1.29, 1.82) is 0 Å². The number of H-pyrrole nitrogens is 4. The van der Waals surface area contributed by atoms with Crippen molar-refractivity contribution in [3.8, 4) is 0 Å². The fourth-order valence-electron chi connectivity index (χ4n) is 13.7. The van der Waals surface area contributed by atoms with Gasteiger partial charge in [0.1, 0.15) is 0 Å². The molecule has 96 heavy (non-hydrogen) atoms. The van der Waals surface area contributed by atoms with E-state index < -0.39 is 0 Å². The molecule has 5 aliphatic rings. The summed E-state index contributed by atoms with van der Waals surface area (Å²) in [6, 6.07) is 102. The minimum atomic E-state index is 0.833. The van der Waals surface area contributed by atoms with Crippen LogP contribution in [0.5, 0.6) is 0 Å². The van der Waals surface area contributed by atoms with E-state index in [2.05, 4.69) is 360 Å². The standard InChI is InChI=1S/C88H60N8/c1-9-25-57(26-10-1)81-65-41-43-67(89-65)82(58-27-11-2-12-28-58)69-45-47-71(91-69)84(60-31-15-4-16-32-60)73-49-51-75(93-73)86(62-35-19-6-20-36-62)77-53-55-79(95-77)88(64-39-23-8-24-40-64)80-56-54-78(96-80)87(63-37-21-7-22-38-63)76-52-50-74(94-76)85(61-33-17-5-18-34-61)72-48-46-70(92-72)83(59-29-13-3-14-30-59)68-44-42-66(81)90-68/h1-56,89,92-93,96H. The monoisotopic (exact) mass is 1230 g/mol. The molecule has 0 amide bonds. The Hall–Kier alpha value is -13.0. The summed E-state index contributed by atoms with van der Waals surface area (Å²) in [5.74, 6) is 0. The second-order valence-electron chi connectivity index (χ2n) is 23.9. The van der Waals surface area contributed by atoms with Crippen molar-refractivity contribution in [2.75, 3.05) is 0 Å². The van der Waals surface area contributed by atoms with Gasteiger partial charge in [0.2, 0.25) is 0 Å². The van der Waals surface area contributed by atoms with Gasteiger partial charge >= 0.3 is 0 Å². The molecule has 4 aromatic heterocycles. The smallest absolute Gasteiger partial charge is 0.0737 e. The summed E-state index contributed by atoms with van der Waals surface area (Å²) in [6.45, 7) is 0. The molecule has 4 N–H and O–H groups in total. The highest BCUT2D eigenvalue weighted by molar-refractivity contribution is 6.33. The lowest BCUT2D eigenvalue weighted by Gasteiger charge is -2.11. The van der Waals surface area contributed by atoms with E-state index >= 15 is 0 Å². The number of aromatic nitrogens is 4. The van der Waals surface area contributed by atoms with Gasteiger partial charge in [0.05, 0.1) is 45.6 Å². The van der Waals surface area contributed by atoms with Crippen molar-refractivity contribution in [1.82, 2.24) is 19.9 Å². The van der Waals surface area contributed by atoms with Crippen LogP contribution >= 0.6 is 0 Å². The second-order valence-corrected chi connectivity index (χ2v) is 23.9. The van der Waals surface area contributed by atoms with Crippen LogP contribution in [-0.2, 0) is 0 Å². The highest BCUT2D eigenvalue weighted by Gasteiger charge is 2.26. The summed E-state index contributed by atoms with van der Waals surface area (Å²) in [5, 5.41) is 3.69. The molecule has 0 saturated heterocycles. The van der Waals surface area contributed by atoms with E-state index in [1.165, 1.54) is 0 Å². The van der Waals surface area contributed by atoms with Gasteiger partial charge in [-0.2, -0.15) is 0 Å². The lowest BCUT2D eigenvalue weighted by Crippen LogP contribution is -2.21. The van der Waals surface area contributed by atoms with Gasteiger partial charge in [0.25, 0.3) is 0 Å². The SMILES string of the molecule is C1=CC2=C(c3ccccc3)c3ccc([nH]3)C(c3ccccc3)=C3C=CC(=N3)C(c3ccccc3)=c3ccc([nH]3)=C(c3ccccc3)C3=NC(=C(c4ccccc4)c4ccc([nH]4)C(c4ccccc4)=C4C=CC(=N4)C(c4ccccc4)=c4ccc([nH]4)=C(c4ccccc4)C1=N2)C=C3. The zero-order valence-corrected chi connectivity index (χ0v) is 52.1. The number of rotatable bonds is 8. The van der Waals surface area contributed by atoms with Gasteiger partial charge in [-0.25, -0.2) is 20.0 Å². The number of aromatic amines is 4. The molecule has 0 radical (unpaired) electrons. The van der Waals surface area contributed by atoms with Crippen molar-refractivity contribution in [3.05, 3.63) is 451 Å². The van der Waals surface area contributed by atoms with Crippen LogP contribution in [0.1, 0.15) is 67.3 Å². The molecule has 12 aromatic rings. The molecular weight excluding hydrogens is 1170 g/mol. The Morgan fingerprint density at radius 1 is 0.156 bits per heavy atom. The molecule has 0 atom stereocenters. The number of hydrogen-bond donors (Lipinski definition) is 4. The van der Waals surface area contributed by atoms with Crippen LogP contribution in [-0.4, -0.2) is 42.8 Å². The van der Waals surface area contributed by atoms with Gasteiger partial charge in [-0.3, -0.25) is 0 Å². The Morgan fingerprint density at radius 3 is 0.521 bits per heavy atom. The Labute approximate surface area is 555 Å². The van der Waals surface area contributed by atoms with Gasteiger partial charge in [-0.15, -0.1) is 0 Å². The summed E-state index contributed by atoms with van der Waals surface area (Å²) in [5.41, 5.74) is 26.4. The minimum absolute atomic E-state index is 0.833. The maximum atomic E-state index is 5.62. The van der Waals surface area contributed by atoms with E-state index in [4.69, 9.17) is 20.0 Å². The van der Waals surface area contributed by atoms with Crippen LogP contribution in [0.3, 0.4) is 0 Å². The van der Waals surface area contributed by atoms with Crippen LogP contribution in [0.4, 0.5) is 0 Å². The maximum Gasteiger partial charge on any atom is 0.0737 e. The third kappa shape index (κ3) is 10.8. The zero-order chi connectivity index (χ0) is 63.7. The maximum absolute atomic E-state index is 5.62. The van der Waals surface area contributed by atoms with Gasteiger partial charge in [0.15, 0.2) is 0 Å². The fourth-order valence-corrected chi connectivity index (χ4v) is 13.7. The lowest BCUT2D eigenvalue weighted by molar-refractivity contribution is 1.25. The Kier molecular flexibility index (Phi) is 14.7. The molecule has 9 heterocycles. The van der Waals surface area contributed by atoms with Crippen LogP contribution in [0.25, 0.3) is 44.6 Å². The number of hydrogen-bond acceptors (Lipinski definition) is 4. The van der Waals surface area contributed by atoms with Crippen molar-refractivity contribution < 1.29 is 0 Å². The third-order valence-electron chi connectivity index (χ3n) is 18.0. The lowest BCUT2D eigenvalue weighted by atomic mass is 10.0.